The molecular formula is C19H25N3O3S. The van der Waals surface area contributed by atoms with Gasteiger partial charge in [0.2, 0.25) is 15.9 Å². The number of anilines is 1. The molecule has 6 nitrogen and oxygen atoms in total. The van der Waals surface area contributed by atoms with Gasteiger partial charge in [-0.2, -0.15) is 0 Å². The van der Waals surface area contributed by atoms with Gasteiger partial charge in [-0.05, 0) is 29.2 Å². The molecule has 0 aliphatic rings. The Bertz CT molecular complexity index is 859. The zero-order chi connectivity index (χ0) is 19.4. The average molecular weight is 375 g/mol. The van der Waals surface area contributed by atoms with E-state index in [1.54, 1.807) is 6.07 Å². The molecule has 0 heterocycles. The van der Waals surface area contributed by atoms with Gasteiger partial charge >= 0.3 is 0 Å². The molecule has 0 radical (unpaired) electrons. The molecule has 2 rings (SSSR count). The molecule has 7 heteroatoms. The van der Waals surface area contributed by atoms with Gasteiger partial charge in [0, 0.05) is 11.7 Å². The van der Waals surface area contributed by atoms with Crippen LogP contribution < -0.4 is 15.8 Å². The Kier molecular flexibility index (Phi) is 6.17. The lowest BCUT2D eigenvalue weighted by Crippen LogP contribution is -2.37. The number of hydrogen-bond donors (Lipinski definition) is 3. The zero-order valence-corrected chi connectivity index (χ0v) is 16.0. The SMILES string of the molecule is CC(C)(C)[C@H](NCC(=O)Nc1cccc(S(N)(=O)=O)c1)c1ccccc1. The van der Waals surface area contributed by atoms with E-state index in [1.165, 1.54) is 18.2 Å². The van der Waals surface area contributed by atoms with E-state index in [9.17, 15) is 13.2 Å². The second kappa shape index (κ2) is 7.99. The lowest BCUT2D eigenvalue weighted by Gasteiger charge is -2.32. The number of nitrogens with two attached hydrogens (primary N) is 1. The summed E-state index contributed by atoms with van der Waals surface area (Å²) < 4.78 is 22.8. The van der Waals surface area contributed by atoms with Crippen LogP contribution in [0.15, 0.2) is 59.5 Å². The molecule has 140 valence electrons. The first-order chi connectivity index (χ1) is 12.1. The lowest BCUT2D eigenvalue weighted by molar-refractivity contribution is -0.115. The first-order valence-corrected chi connectivity index (χ1v) is 9.83. The predicted molar refractivity (Wildman–Crippen MR) is 103 cm³/mol. The molecule has 2 aromatic carbocycles. The molecule has 1 atom stereocenters. The molecule has 26 heavy (non-hydrogen) atoms. The Hall–Kier alpha value is -2.22. The van der Waals surface area contributed by atoms with E-state index in [0.717, 1.165) is 5.56 Å². The fourth-order valence-corrected chi connectivity index (χ4v) is 3.28. The number of rotatable bonds is 6. The fourth-order valence-electron chi connectivity index (χ4n) is 2.72. The number of nitrogens with one attached hydrogen (secondary N) is 2. The smallest absolute Gasteiger partial charge is 0.238 e. The van der Waals surface area contributed by atoms with Gasteiger partial charge in [0.15, 0.2) is 0 Å². The highest BCUT2D eigenvalue weighted by molar-refractivity contribution is 7.89. The van der Waals surface area contributed by atoms with Crippen LogP contribution in [-0.4, -0.2) is 20.9 Å². The van der Waals surface area contributed by atoms with Gasteiger partial charge < -0.3 is 10.6 Å². The van der Waals surface area contributed by atoms with E-state index >= 15 is 0 Å². The molecule has 1 amide bonds. The number of amides is 1. The second-order valence-electron chi connectivity index (χ2n) is 7.21. The minimum Gasteiger partial charge on any atom is -0.325 e. The van der Waals surface area contributed by atoms with Crippen molar-refractivity contribution in [3.8, 4) is 0 Å². The van der Waals surface area contributed by atoms with Gasteiger partial charge in [0.05, 0.1) is 11.4 Å². The summed E-state index contributed by atoms with van der Waals surface area (Å²) in [6.07, 6.45) is 0. The van der Waals surface area contributed by atoms with Crippen LogP contribution in [0.3, 0.4) is 0 Å². The van der Waals surface area contributed by atoms with Crippen LogP contribution in [0.4, 0.5) is 5.69 Å². The third-order valence-corrected chi connectivity index (χ3v) is 4.82. The first kappa shape index (κ1) is 20.1. The van der Waals surface area contributed by atoms with Crippen LogP contribution in [0.25, 0.3) is 0 Å². The van der Waals surface area contributed by atoms with Crippen LogP contribution >= 0.6 is 0 Å². The van der Waals surface area contributed by atoms with Crippen molar-refractivity contribution in [2.45, 2.75) is 31.7 Å². The maximum absolute atomic E-state index is 12.3. The van der Waals surface area contributed by atoms with Crippen LogP contribution in [0.5, 0.6) is 0 Å². The summed E-state index contributed by atoms with van der Waals surface area (Å²) in [6, 6.07) is 15.8. The maximum atomic E-state index is 12.3. The highest BCUT2D eigenvalue weighted by Crippen LogP contribution is 2.32. The van der Waals surface area contributed by atoms with Crippen molar-refractivity contribution < 1.29 is 13.2 Å². The van der Waals surface area contributed by atoms with E-state index in [-0.39, 0.29) is 28.8 Å². The Morgan fingerprint density at radius 3 is 2.31 bits per heavy atom. The largest absolute Gasteiger partial charge is 0.325 e. The first-order valence-electron chi connectivity index (χ1n) is 8.28. The monoisotopic (exact) mass is 375 g/mol. The summed E-state index contributed by atoms with van der Waals surface area (Å²) in [5.74, 6) is -0.262. The van der Waals surface area contributed by atoms with Crippen molar-refractivity contribution in [1.29, 1.82) is 0 Å². The van der Waals surface area contributed by atoms with Crippen molar-refractivity contribution in [3.63, 3.8) is 0 Å². The molecule has 0 saturated carbocycles. The van der Waals surface area contributed by atoms with Gasteiger partial charge in [-0.1, -0.05) is 57.2 Å². The number of primary sulfonamides is 1. The summed E-state index contributed by atoms with van der Waals surface area (Å²) in [5, 5.41) is 11.1. The van der Waals surface area contributed by atoms with E-state index in [1.807, 2.05) is 30.3 Å². The maximum Gasteiger partial charge on any atom is 0.238 e. The Labute approximate surface area is 154 Å². The van der Waals surface area contributed by atoms with E-state index in [4.69, 9.17) is 5.14 Å². The highest BCUT2D eigenvalue weighted by atomic mass is 32.2. The van der Waals surface area contributed by atoms with Gasteiger partial charge in [-0.15, -0.1) is 0 Å². The molecule has 4 N–H and O–H groups in total. The van der Waals surface area contributed by atoms with E-state index in [0.29, 0.717) is 5.69 Å². The Morgan fingerprint density at radius 1 is 1.08 bits per heavy atom. The number of hydrogen-bond acceptors (Lipinski definition) is 4. The molecule has 0 aliphatic heterocycles. The van der Waals surface area contributed by atoms with Crippen LogP contribution in [0, 0.1) is 5.41 Å². The fraction of sp³-hybridized carbons (Fsp3) is 0.316. The molecule has 0 saturated heterocycles. The van der Waals surface area contributed by atoms with E-state index in [2.05, 4.69) is 31.4 Å². The van der Waals surface area contributed by atoms with Gasteiger partial charge in [0.25, 0.3) is 0 Å². The van der Waals surface area contributed by atoms with Crippen LogP contribution in [0.2, 0.25) is 0 Å². The highest BCUT2D eigenvalue weighted by Gasteiger charge is 2.26. The number of sulfonamides is 1. The normalized spacial score (nSPS) is 13.2. The van der Waals surface area contributed by atoms with Crippen molar-refractivity contribution in [1.82, 2.24) is 5.32 Å². The summed E-state index contributed by atoms with van der Waals surface area (Å²) in [4.78, 5) is 12.2. The molecule has 0 fully saturated rings. The average Bonchev–Trinajstić information content (AvgIpc) is 2.54. The third kappa shape index (κ3) is 5.66. The predicted octanol–water partition coefficient (Wildman–Crippen LogP) is 2.65. The number of benzene rings is 2. The summed E-state index contributed by atoms with van der Waals surface area (Å²) in [5.41, 5.74) is 1.40. The van der Waals surface area contributed by atoms with Crippen molar-refractivity contribution in [2.75, 3.05) is 11.9 Å². The van der Waals surface area contributed by atoms with Gasteiger partial charge in [-0.3, -0.25) is 4.79 Å². The minimum atomic E-state index is -3.81. The quantitative estimate of drug-likeness (QED) is 0.722. The molecule has 0 bridgehead atoms. The Balaban J connectivity index is 2.05. The summed E-state index contributed by atoms with van der Waals surface area (Å²) in [6.45, 7) is 6.40. The Morgan fingerprint density at radius 2 is 1.73 bits per heavy atom. The molecule has 2 aromatic rings. The minimum absolute atomic E-state index is 0.00907. The molecule has 0 spiro atoms. The zero-order valence-electron chi connectivity index (χ0n) is 15.2. The number of carbonyl (C=O) groups excluding carboxylic acids is 1. The van der Waals surface area contributed by atoms with Gasteiger partial charge in [-0.25, -0.2) is 13.6 Å². The molecule has 0 unspecified atom stereocenters. The van der Waals surface area contributed by atoms with Gasteiger partial charge in [0.1, 0.15) is 0 Å². The number of carbonyl (C=O) groups is 1. The summed E-state index contributed by atoms with van der Waals surface area (Å²) >= 11 is 0. The van der Waals surface area contributed by atoms with Crippen molar-refractivity contribution >= 4 is 21.6 Å². The topological polar surface area (TPSA) is 101 Å². The molecular weight excluding hydrogens is 350 g/mol. The lowest BCUT2D eigenvalue weighted by atomic mass is 9.82. The van der Waals surface area contributed by atoms with E-state index < -0.39 is 10.0 Å². The second-order valence-corrected chi connectivity index (χ2v) is 8.77. The van der Waals surface area contributed by atoms with Crippen LogP contribution in [-0.2, 0) is 14.8 Å². The molecule has 0 aromatic heterocycles. The van der Waals surface area contributed by atoms with Crippen molar-refractivity contribution in [3.05, 3.63) is 60.2 Å². The van der Waals surface area contributed by atoms with Crippen molar-refractivity contribution in [2.24, 2.45) is 10.6 Å². The van der Waals surface area contributed by atoms with Crippen LogP contribution in [0.1, 0.15) is 32.4 Å². The summed E-state index contributed by atoms with van der Waals surface area (Å²) in [7, 11) is -3.81. The molecule has 0 aliphatic carbocycles. The standard InChI is InChI=1S/C19H25N3O3S/c1-19(2,3)18(14-8-5-4-6-9-14)21-13-17(23)22-15-10-7-11-16(12-15)26(20,24)25/h4-12,18,21H,13H2,1-3H3,(H,22,23)(H2,20,24,25)/t18-/m1/s1. The third-order valence-electron chi connectivity index (χ3n) is 3.91.